The van der Waals surface area contributed by atoms with E-state index in [4.69, 9.17) is 16.3 Å². The second kappa shape index (κ2) is 11.2. The fraction of sp³-hybridized carbons (Fsp3) is 0.269. The van der Waals surface area contributed by atoms with Crippen molar-refractivity contribution < 1.29 is 27.1 Å². The minimum atomic E-state index is -0.804. The zero-order valence-corrected chi connectivity index (χ0v) is 19.5. The summed E-state index contributed by atoms with van der Waals surface area (Å²) < 4.78 is 61.2. The Hall–Kier alpha value is -2.94. The second-order valence-corrected chi connectivity index (χ2v) is 8.74. The first-order valence-electron chi connectivity index (χ1n) is 11.1. The van der Waals surface area contributed by atoms with Crippen LogP contribution in [0.1, 0.15) is 27.6 Å². The van der Waals surface area contributed by atoms with Crippen LogP contribution < -0.4 is 0 Å². The molecule has 0 bridgehead atoms. The van der Waals surface area contributed by atoms with Crippen molar-refractivity contribution in [1.29, 1.82) is 0 Å². The highest BCUT2D eigenvalue weighted by atomic mass is 35.5. The van der Waals surface area contributed by atoms with Crippen LogP contribution in [0, 0.1) is 23.3 Å². The minimum Gasteiger partial charge on any atom is -0.367 e. The molecule has 1 amide bonds. The van der Waals surface area contributed by atoms with Gasteiger partial charge in [0, 0.05) is 54.9 Å². The number of carbonyl (C=O) groups excluding carboxylic acids is 1. The molecule has 1 fully saturated rings. The van der Waals surface area contributed by atoms with Gasteiger partial charge in [-0.05, 0) is 42.0 Å². The van der Waals surface area contributed by atoms with Crippen molar-refractivity contribution >= 4 is 17.5 Å². The first kappa shape index (κ1) is 25.2. The molecule has 1 saturated heterocycles. The number of ether oxygens (including phenoxy) is 1. The van der Waals surface area contributed by atoms with E-state index in [0.717, 1.165) is 23.8 Å². The van der Waals surface area contributed by atoms with Crippen molar-refractivity contribution in [2.75, 3.05) is 32.7 Å². The van der Waals surface area contributed by atoms with Crippen molar-refractivity contribution in [3.8, 4) is 0 Å². The van der Waals surface area contributed by atoms with E-state index in [1.807, 2.05) is 0 Å². The van der Waals surface area contributed by atoms with Gasteiger partial charge in [0.05, 0.1) is 12.7 Å². The maximum atomic E-state index is 14.1. The Balaban J connectivity index is 1.42. The van der Waals surface area contributed by atoms with Gasteiger partial charge in [-0.1, -0.05) is 29.8 Å². The van der Waals surface area contributed by atoms with Crippen molar-refractivity contribution in [2.24, 2.45) is 0 Å². The van der Waals surface area contributed by atoms with Crippen molar-refractivity contribution in [2.45, 2.75) is 12.7 Å². The molecule has 9 heteroatoms. The van der Waals surface area contributed by atoms with Gasteiger partial charge in [-0.25, -0.2) is 17.6 Å². The van der Waals surface area contributed by atoms with E-state index in [9.17, 15) is 22.4 Å². The normalized spacial score (nSPS) is 15.3. The highest BCUT2D eigenvalue weighted by Crippen LogP contribution is 2.25. The molecule has 0 aromatic heterocycles. The number of hydrogen-bond donors (Lipinski definition) is 0. The van der Waals surface area contributed by atoms with Crippen LogP contribution in [-0.4, -0.2) is 48.4 Å². The molecule has 3 aromatic rings. The number of benzene rings is 3. The summed E-state index contributed by atoms with van der Waals surface area (Å²) in [6.07, 6.45) is -0.508. The van der Waals surface area contributed by atoms with Gasteiger partial charge in [-0.2, -0.15) is 0 Å². The Kier molecular flexibility index (Phi) is 8.05. The topological polar surface area (TPSA) is 32.8 Å². The summed E-state index contributed by atoms with van der Waals surface area (Å²) in [4.78, 5) is 16.3. The molecular formula is C26H23ClF4N2O2. The molecule has 1 unspecified atom stereocenters. The number of piperazine rings is 1. The van der Waals surface area contributed by atoms with Crippen LogP contribution >= 0.6 is 11.6 Å². The number of rotatable bonds is 7. The Morgan fingerprint density at radius 1 is 0.886 bits per heavy atom. The maximum absolute atomic E-state index is 14.1. The SMILES string of the molecule is O=C(c1cc(F)cc(F)c1)N1CCN(CC(OCc2c(F)cccc2F)c2ccc(Cl)cc2)CC1. The van der Waals surface area contributed by atoms with E-state index in [2.05, 4.69) is 4.90 Å². The van der Waals surface area contributed by atoms with Crippen LogP contribution in [0.4, 0.5) is 17.6 Å². The Morgan fingerprint density at radius 3 is 2.09 bits per heavy atom. The molecule has 4 nitrogen and oxygen atoms in total. The first-order chi connectivity index (χ1) is 16.8. The van der Waals surface area contributed by atoms with E-state index < -0.39 is 35.3 Å². The van der Waals surface area contributed by atoms with Gasteiger partial charge in [0.15, 0.2) is 0 Å². The number of amides is 1. The van der Waals surface area contributed by atoms with Gasteiger partial charge in [0.1, 0.15) is 23.3 Å². The Morgan fingerprint density at radius 2 is 1.49 bits per heavy atom. The van der Waals surface area contributed by atoms with Gasteiger partial charge in [-0.3, -0.25) is 9.69 Å². The van der Waals surface area contributed by atoms with Crippen LogP contribution in [-0.2, 0) is 11.3 Å². The smallest absolute Gasteiger partial charge is 0.254 e. The molecule has 0 aliphatic carbocycles. The molecule has 4 rings (SSSR count). The van der Waals surface area contributed by atoms with Crippen LogP contribution in [0.15, 0.2) is 60.7 Å². The van der Waals surface area contributed by atoms with Crippen molar-refractivity contribution in [1.82, 2.24) is 9.80 Å². The number of carbonyl (C=O) groups is 1. The highest BCUT2D eigenvalue weighted by molar-refractivity contribution is 6.30. The van der Waals surface area contributed by atoms with Crippen molar-refractivity contribution in [3.63, 3.8) is 0 Å². The summed E-state index contributed by atoms with van der Waals surface area (Å²) >= 11 is 6.00. The lowest BCUT2D eigenvalue weighted by Gasteiger charge is -2.36. The maximum Gasteiger partial charge on any atom is 0.254 e. The standard InChI is InChI=1S/C26H23ClF4N2O2/c27-19-6-4-17(5-7-19)25(35-16-22-23(30)2-1-3-24(22)31)15-32-8-10-33(11-9-32)26(34)18-12-20(28)14-21(29)13-18/h1-7,12-14,25H,8-11,15-16H2. The summed E-state index contributed by atoms with van der Waals surface area (Å²) in [6, 6.07) is 13.4. The summed E-state index contributed by atoms with van der Waals surface area (Å²) in [5.41, 5.74) is 0.606. The average Bonchev–Trinajstić information content (AvgIpc) is 2.83. The molecular weight excluding hydrogens is 484 g/mol. The van der Waals surface area contributed by atoms with E-state index >= 15 is 0 Å². The van der Waals surface area contributed by atoms with Gasteiger partial charge in [-0.15, -0.1) is 0 Å². The average molecular weight is 507 g/mol. The molecule has 1 aliphatic rings. The zero-order valence-electron chi connectivity index (χ0n) is 18.7. The molecule has 0 radical (unpaired) electrons. The van der Waals surface area contributed by atoms with E-state index in [-0.39, 0.29) is 17.7 Å². The Labute approximate surface area is 205 Å². The summed E-state index contributed by atoms with van der Waals surface area (Å²) in [7, 11) is 0. The third kappa shape index (κ3) is 6.39. The summed E-state index contributed by atoms with van der Waals surface area (Å²) in [6.45, 7) is 1.85. The highest BCUT2D eigenvalue weighted by Gasteiger charge is 2.26. The molecule has 184 valence electrons. The third-order valence-corrected chi connectivity index (χ3v) is 6.18. The van der Waals surface area contributed by atoms with E-state index in [1.54, 1.807) is 24.3 Å². The van der Waals surface area contributed by atoms with E-state index in [1.165, 1.54) is 23.1 Å². The fourth-order valence-corrected chi connectivity index (χ4v) is 4.14. The van der Waals surface area contributed by atoms with E-state index in [0.29, 0.717) is 37.7 Å². The zero-order chi connectivity index (χ0) is 24.9. The number of nitrogens with zero attached hydrogens (tertiary/aromatic N) is 2. The summed E-state index contributed by atoms with van der Waals surface area (Å²) in [5, 5.41) is 0.550. The predicted octanol–water partition coefficient (Wildman–Crippen LogP) is 5.61. The quantitative estimate of drug-likeness (QED) is 0.390. The van der Waals surface area contributed by atoms with Crippen LogP contribution in [0.25, 0.3) is 0 Å². The second-order valence-electron chi connectivity index (χ2n) is 8.30. The molecule has 0 N–H and O–H groups in total. The van der Waals surface area contributed by atoms with Crippen molar-refractivity contribution in [3.05, 3.63) is 106 Å². The summed E-state index contributed by atoms with van der Waals surface area (Å²) in [5.74, 6) is -3.41. The molecule has 1 heterocycles. The molecule has 0 spiro atoms. The molecule has 0 saturated carbocycles. The lowest BCUT2D eigenvalue weighted by Crippen LogP contribution is -2.49. The molecule has 3 aromatic carbocycles. The molecule has 35 heavy (non-hydrogen) atoms. The van der Waals surface area contributed by atoms with Gasteiger partial charge in [0.25, 0.3) is 5.91 Å². The monoisotopic (exact) mass is 506 g/mol. The lowest BCUT2D eigenvalue weighted by atomic mass is 10.1. The van der Waals surface area contributed by atoms with Gasteiger partial charge in [0.2, 0.25) is 0 Å². The van der Waals surface area contributed by atoms with Crippen LogP contribution in [0.5, 0.6) is 0 Å². The molecule has 1 aliphatic heterocycles. The fourth-order valence-electron chi connectivity index (χ4n) is 4.01. The van der Waals surface area contributed by atoms with Gasteiger partial charge >= 0.3 is 0 Å². The lowest BCUT2D eigenvalue weighted by molar-refractivity contribution is 0.00144. The van der Waals surface area contributed by atoms with Crippen LogP contribution in [0.3, 0.4) is 0 Å². The molecule has 1 atom stereocenters. The number of halogens is 5. The van der Waals surface area contributed by atoms with Crippen LogP contribution in [0.2, 0.25) is 5.02 Å². The Bertz CT molecular complexity index is 1140. The predicted molar refractivity (Wildman–Crippen MR) is 124 cm³/mol. The third-order valence-electron chi connectivity index (χ3n) is 5.93. The number of hydrogen-bond acceptors (Lipinski definition) is 3. The first-order valence-corrected chi connectivity index (χ1v) is 11.5. The largest absolute Gasteiger partial charge is 0.367 e. The minimum absolute atomic E-state index is 0.0368. The van der Waals surface area contributed by atoms with Gasteiger partial charge < -0.3 is 9.64 Å².